The molecule has 0 heterocycles. The number of amides is 1. The maximum absolute atomic E-state index is 12.5. The largest absolute Gasteiger partial charge is 0.390 e. The van der Waals surface area contributed by atoms with Crippen LogP contribution < -0.4 is 16.8 Å². The molecule has 0 saturated heterocycles. The zero-order valence-corrected chi connectivity index (χ0v) is 15.3. The van der Waals surface area contributed by atoms with Crippen molar-refractivity contribution in [2.75, 3.05) is 13.1 Å². The lowest BCUT2D eigenvalue weighted by Gasteiger charge is -2.51. The van der Waals surface area contributed by atoms with Crippen LogP contribution in [0.25, 0.3) is 0 Å². The first kappa shape index (κ1) is 18.7. The minimum atomic E-state index is -0.435. The fourth-order valence-electron chi connectivity index (χ4n) is 4.34. The average Bonchev–Trinajstić information content (AvgIpc) is 2.65. The lowest BCUT2D eigenvalue weighted by atomic mass is 9.56. The number of hydrogen-bond acceptors (Lipinski definition) is 3. The van der Waals surface area contributed by atoms with Crippen LogP contribution in [0.1, 0.15) is 67.3 Å². The van der Waals surface area contributed by atoms with E-state index in [1.165, 1.54) is 5.56 Å². The van der Waals surface area contributed by atoms with Crippen LogP contribution in [0.5, 0.6) is 0 Å². The van der Waals surface area contributed by atoms with Gasteiger partial charge in [-0.25, -0.2) is 0 Å². The number of aliphatic imine (C=N–C) groups is 1. The second-order valence-corrected chi connectivity index (χ2v) is 7.86. The number of carbonyl (C=O) groups is 1. The Hall–Kier alpha value is -2.08. The van der Waals surface area contributed by atoms with Gasteiger partial charge in [0.05, 0.1) is 5.60 Å². The molecule has 1 aromatic carbocycles. The standard InChI is InChI=1S/C20H30N4O2/c21-18(22)24-13-2-1-12-23-17(25)15-4-3-5-16(14-15)19-6-9-20(26,10-7-19)11-8-19/h3-5,14,26H,1-2,6-13H2,(H,23,25)(H4,21,22,24). The summed E-state index contributed by atoms with van der Waals surface area (Å²) in [4.78, 5) is 16.4. The summed E-state index contributed by atoms with van der Waals surface area (Å²) in [6.07, 6.45) is 7.34. The molecule has 26 heavy (non-hydrogen) atoms. The average molecular weight is 358 g/mol. The fourth-order valence-corrected chi connectivity index (χ4v) is 4.34. The van der Waals surface area contributed by atoms with Crippen molar-refractivity contribution in [1.82, 2.24) is 5.32 Å². The van der Waals surface area contributed by atoms with Crippen LogP contribution in [0.4, 0.5) is 0 Å². The molecule has 0 aromatic heterocycles. The van der Waals surface area contributed by atoms with E-state index in [0.717, 1.165) is 51.4 Å². The van der Waals surface area contributed by atoms with Crippen LogP contribution in [-0.2, 0) is 5.41 Å². The Morgan fingerprint density at radius 2 is 1.81 bits per heavy atom. The summed E-state index contributed by atoms with van der Waals surface area (Å²) < 4.78 is 0. The molecule has 4 rings (SSSR count). The number of nitrogens with one attached hydrogen (secondary N) is 1. The lowest BCUT2D eigenvalue weighted by molar-refractivity contribution is -0.0660. The number of benzene rings is 1. The fraction of sp³-hybridized carbons (Fsp3) is 0.600. The van der Waals surface area contributed by atoms with Crippen molar-refractivity contribution in [2.45, 2.75) is 62.4 Å². The first-order valence-corrected chi connectivity index (χ1v) is 9.59. The summed E-state index contributed by atoms with van der Waals surface area (Å²) in [6.45, 7) is 1.20. The van der Waals surface area contributed by atoms with Gasteiger partial charge in [0.2, 0.25) is 0 Å². The molecule has 6 nitrogen and oxygen atoms in total. The molecule has 6 N–H and O–H groups in total. The number of carbonyl (C=O) groups excluding carboxylic acids is 1. The van der Waals surface area contributed by atoms with Crippen LogP contribution in [0.3, 0.4) is 0 Å². The molecule has 142 valence electrons. The van der Waals surface area contributed by atoms with Crippen LogP contribution >= 0.6 is 0 Å². The van der Waals surface area contributed by atoms with Crippen molar-refractivity contribution >= 4 is 11.9 Å². The smallest absolute Gasteiger partial charge is 0.251 e. The monoisotopic (exact) mass is 358 g/mol. The van der Waals surface area contributed by atoms with Gasteiger partial charge >= 0.3 is 0 Å². The normalized spacial score (nSPS) is 27.1. The van der Waals surface area contributed by atoms with Gasteiger partial charge in [-0.15, -0.1) is 0 Å². The van der Waals surface area contributed by atoms with E-state index in [1.54, 1.807) is 0 Å². The SMILES string of the molecule is NC(N)=NCCCCNC(=O)c1cccc(C23CCC(O)(CC2)CC3)c1. The number of nitrogens with zero attached hydrogens (tertiary/aromatic N) is 1. The molecule has 6 heteroatoms. The van der Waals surface area contributed by atoms with E-state index in [-0.39, 0.29) is 17.3 Å². The van der Waals surface area contributed by atoms with E-state index in [1.807, 2.05) is 18.2 Å². The molecule has 3 fully saturated rings. The van der Waals surface area contributed by atoms with E-state index in [9.17, 15) is 9.90 Å². The molecule has 3 aliphatic rings. The molecular weight excluding hydrogens is 328 g/mol. The van der Waals surface area contributed by atoms with Crippen molar-refractivity contribution in [1.29, 1.82) is 0 Å². The van der Waals surface area contributed by atoms with Crippen molar-refractivity contribution in [3.8, 4) is 0 Å². The Balaban J connectivity index is 1.56. The maximum atomic E-state index is 12.5. The molecule has 3 saturated carbocycles. The number of guanidine groups is 1. The predicted octanol–water partition coefficient (Wildman–Crippen LogP) is 1.81. The number of unbranched alkanes of at least 4 members (excludes halogenated alkanes) is 1. The lowest BCUT2D eigenvalue weighted by Crippen LogP contribution is -2.48. The maximum Gasteiger partial charge on any atom is 0.251 e. The van der Waals surface area contributed by atoms with Crippen molar-refractivity contribution < 1.29 is 9.90 Å². The molecule has 1 amide bonds. The van der Waals surface area contributed by atoms with Crippen LogP contribution in [0.15, 0.2) is 29.3 Å². The van der Waals surface area contributed by atoms with Crippen LogP contribution in [0.2, 0.25) is 0 Å². The predicted molar refractivity (Wildman–Crippen MR) is 103 cm³/mol. The van der Waals surface area contributed by atoms with Gasteiger partial charge in [0.25, 0.3) is 5.91 Å². The highest BCUT2D eigenvalue weighted by atomic mass is 16.3. The Labute approximate surface area is 155 Å². The highest BCUT2D eigenvalue weighted by molar-refractivity contribution is 5.94. The Bertz CT molecular complexity index is 658. The minimum absolute atomic E-state index is 0.0341. The van der Waals surface area contributed by atoms with Gasteiger partial charge in [-0.3, -0.25) is 9.79 Å². The third kappa shape index (κ3) is 4.18. The van der Waals surface area contributed by atoms with Gasteiger partial charge in [0.15, 0.2) is 5.96 Å². The van der Waals surface area contributed by atoms with Crippen molar-refractivity contribution in [3.63, 3.8) is 0 Å². The van der Waals surface area contributed by atoms with E-state index >= 15 is 0 Å². The first-order chi connectivity index (χ1) is 12.4. The molecule has 3 aliphatic carbocycles. The van der Waals surface area contributed by atoms with Crippen LogP contribution in [0, 0.1) is 0 Å². The highest BCUT2D eigenvalue weighted by Gasteiger charge is 2.48. The third-order valence-electron chi connectivity index (χ3n) is 6.11. The zero-order valence-electron chi connectivity index (χ0n) is 15.3. The highest BCUT2D eigenvalue weighted by Crippen LogP contribution is 2.53. The second kappa shape index (κ2) is 7.66. The summed E-state index contributed by atoms with van der Waals surface area (Å²) >= 11 is 0. The Morgan fingerprint density at radius 1 is 1.12 bits per heavy atom. The third-order valence-corrected chi connectivity index (χ3v) is 6.11. The number of nitrogens with two attached hydrogens (primary N) is 2. The van der Waals surface area contributed by atoms with Gasteiger partial charge in [0.1, 0.15) is 0 Å². The molecule has 0 atom stereocenters. The summed E-state index contributed by atoms with van der Waals surface area (Å²) in [7, 11) is 0. The Morgan fingerprint density at radius 3 is 2.46 bits per heavy atom. The second-order valence-electron chi connectivity index (χ2n) is 7.86. The number of hydrogen-bond donors (Lipinski definition) is 4. The van der Waals surface area contributed by atoms with Gasteiger partial charge in [-0.05, 0) is 74.5 Å². The van der Waals surface area contributed by atoms with Gasteiger partial charge in [-0.2, -0.15) is 0 Å². The van der Waals surface area contributed by atoms with Gasteiger partial charge < -0.3 is 21.9 Å². The molecule has 0 spiro atoms. The van der Waals surface area contributed by atoms with E-state index in [2.05, 4.69) is 16.4 Å². The molecule has 1 aromatic rings. The van der Waals surface area contributed by atoms with Crippen LogP contribution in [-0.4, -0.2) is 35.7 Å². The number of fused-ring (bicyclic) bond motifs is 3. The summed E-state index contributed by atoms with van der Waals surface area (Å²) in [6, 6.07) is 8.04. The quantitative estimate of drug-likeness (QED) is 0.338. The Kier molecular flexibility index (Phi) is 5.51. The molecule has 0 aliphatic heterocycles. The van der Waals surface area contributed by atoms with Crippen molar-refractivity contribution in [3.05, 3.63) is 35.4 Å². The van der Waals surface area contributed by atoms with Crippen molar-refractivity contribution in [2.24, 2.45) is 16.5 Å². The number of aliphatic hydroxyl groups is 1. The molecular formula is C20H30N4O2. The molecule has 0 unspecified atom stereocenters. The van der Waals surface area contributed by atoms with Gasteiger partial charge in [0, 0.05) is 18.7 Å². The molecule has 0 radical (unpaired) electrons. The van der Waals surface area contributed by atoms with E-state index in [4.69, 9.17) is 11.5 Å². The summed E-state index contributed by atoms with van der Waals surface area (Å²) in [5.74, 6) is 0.0716. The minimum Gasteiger partial charge on any atom is -0.390 e. The van der Waals surface area contributed by atoms with E-state index < -0.39 is 5.60 Å². The number of rotatable bonds is 7. The zero-order chi connectivity index (χ0) is 18.6. The van der Waals surface area contributed by atoms with Gasteiger partial charge in [-0.1, -0.05) is 12.1 Å². The topological polar surface area (TPSA) is 114 Å². The summed E-state index contributed by atoms with van der Waals surface area (Å²) in [5.41, 5.74) is 12.2. The van der Waals surface area contributed by atoms with E-state index in [0.29, 0.717) is 18.7 Å². The molecule has 2 bridgehead atoms. The first-order valence-electron chi connectivity index (χ1n) is 9.59. The summed E-state index contributed by atoms with van der Waals surface area (Å²) in [5, 5.41) is 13.4.